The normalized spacial score (nSPS) is 45.7. The first-order valence-corrected chi connectivity index (χ1v) is 4.97. The quantitative estimate of drug-likeness (QED) is 0.532. The summed E-state index contributed by atoms with van der Waals surface area (Å²) in [4.78, 5) is 0. The van der Waals surface area contributed by atoms with Crippen LogP contribution in [0.4, 0.5) is 0 Å². The minimum Gasteiger partial charge on any atom is -0.392 e. The highest BCUT2D eigenvalue weighted by Gasteiger charge is 2.32. The average molecular weight is 187 g/mol. The molecule has 2 fully saturated rings. The van der Waals surface area contributed by atoms with Crippen LogP contribution in [0.3, 0.4) is 0 Å². The van der Waals surface area contributed by atoms with Gasteiger partial charge in [0.2, 0.25) is 0 Å². The lowest BCUT2D eigenvalue weighted by atomic mass is 10.1. The van der Waals surface area contributed by atoms with Crippen LogP contribution in [0.25, 0.3) is 0 Å². The second kappa shape index (κ2) is 3.92. The highest BCUT2D eigenvalue weighted by Crippen LogP contribution is 2.20. The number of hydrogen-bond donors (Lipinski definition) is 3. The monoisotopic (exact) mass is 187 g/mol. The van der Waals surface area contributed by atoms with Crippen LogP contribution in [-0.4, -0.2) is 47.7 Å². The van der Waals surface area contributed by atoms with Crippen LogP contribution >= 0.6 is 0 Å². The fourth-order valence-corrected chi connectivity index (χ4v) is 2.11. The molecule has 1 saturated carbocycles. The van der Waals surface area contributed by atoms with Crippen LogP contribution in [0.1, 0.15) is 19.3 Å². The summed E-state index contributed by atoms with van der Waals surface area (Å²) in [5.41, 5.74) is 0. The molecule has 4 nitrogen and oxygen atoms in total. The molecular formula is C9H17NO3. The van der Waals surface area contributed by atoms with E-state index in [-0.39, 0.29) is 18.2 Å². The van der Waals surface area contributed by atoms with Crippen molar-refractivity contribution in [1.29, 1.82) is 0 Å². The van der Waals surface area contributed by atoms with Gasteiger partial charge in [-0.25, -0.2) is 0 Å². The van der Waals surface area contributed by atoms with E-state index in [2.05, 4.69) is 5.32 Å². The molecule has 0 bridgehead atoms. The molecular weight excluding hydrogens is 170 g/mol. The van der Waals surface area contributed by atoms with Crippen molar-refractivity contribution in [3.8, 4) is 0 Å². The molecule has 1 aliphatic heterocycles. The van der Waals surface area contributed by atoms with Gasteiger partial charge in [-0.1, -0.05) is 0 Å². The Bertz CT molecular complexity index is 158. The summed E-state index contributed by atoms with van der Waals surface area (Å²) in [7, 11) is 0. The van der Waals surface area contributed by atoms with E-state index in [1.807, 2.05) is 0 Å². The topological polar surface area (TPSA) is 61.7 Å². The van der Waals surface area contributed by atoms with E-state index in [1.165, 1.54) is 0 Å². The zero-order valence-corrected chi connectivity index (χ0v) is 7.65. The molecule has 2 aliphatic rings. The molecule has 0 aromatic heterocycles. The number of aliphatic hydroxyl groups is 2. The molecule has 0 unspecified atom stereocenters. The Balaban J connectivity index is 1.82. The largest absolute Gasteiger partial charge is 0.392 e. The summed E-state index contributed by atoms with van der Waals surface area (Å²) >= 11 is 0. The number of hydrogen-bond acceptors (Lipinski definition) is 4. The number of ether oxygens (including phenoxy) is 1. The number of aliphatic hydroxyl groups excluding tert-OH is 2. The maximum absolute atomic E-state index is 9.55. The molecule has 0 spiro atoms. The van der Waals surface area contributed by atoms with Crippen molar-refractivity contribution < 1.29 is 14.9 Å². The molecule has 1 saturated heterocycles. The van der Waals surface area contributed by atoms with Crippen molar-refractivity contribution in [3.63, 3.8) is 0 Å². The molecule has 1 aliphatic carbocycles. The van der Waals surface area contributed by atoms with Crippen molar-refractivity contribution in [2.24, 2.45) is 0 Å². The standard InChI is InChI=1S/C9H17NO3/c11-8-3-1-2-6(8)10-7-4-13-5-9(7)12/h6-12H,1-5H2/t6-,7-,8-,9-/m1/s1. The van der Waals surface area contributed by atoms with Crippen molar-refractivity contribution in [2.75, 3.05) is 13.2 Å². The Morgan fingerprint density at radius 2 is 1.85 bits per heavy atom. The Hall–Kier alpha value is -0.160. The van der Waals surface area contributed by atoms with E-state index < -0.39 is 6.10 Å². The minimum absolute atomic E-state index is 0.0118. The fourth-order valence-electron chi connectivity index (χ4n) is 2.11. The van der Waals surface area contributed by atoms with Gasteiger partial charge >= 0.3 is 0 Å². The first-order valence-electron chi connectivity index (χ1n) is 4.97. The Kier molecular flexibility index (Phi) is 2.83. The van der Waals surface area contributed by atoms with Gasteiger partial charge in [0.15, 0.2) is 0 Å². The van der Waals surface area contributed by atoms with Crippen LogP contribution in [0, 0.1) is 0 Å². The smallest absolute Gasteiger partial charge is 0.0948 e. The van der Waals surface area contributed by atoms with E-state index in [4.69, 9.17) is 4.74 Å². The van der Waals surface area contributed by atoms with Crippen LogP contribution < -0.4 is 5.32 Å². The van der Waals surface area contributed by atoms with Gasteiger partial charge in [0.05, 0.1) is 31.5 Å². The summed E-state index contributed by atoms with van der Waals surface area (Å²) in [5, 5.41) is 22.3. The van der Waals surface area contributed by atoms with Gasteiger partial charge in [-0.2, -0.15) is 0 Å². The molecule has 76 valence electrons. The van der Waals surface area contributed by atoms with Crippen LogP contribution in [0.15, 0.2) is 0 Å². The molecule has 4 atom stereocenters. The molecule has 0 aromatic carbocycles. The molecule has 0 aromatic rings. The number of rotatable bonds is 2. The second-order valence-corrected chi connectivity index (χ2v) is 3.98. The molecule has 4 heteroatoms. The van der Waals surface area contributed by atoms with Crippen molar-refractivity contribution >= 4 is 0 Å². The van der Waals surface area contributed by atoms with E-state index in [0.29, 0.717) is 13.2 Å². The predicted octanol–water partition coefficient (Wildman–Crippen LogP) is -0.751. The van der Waals surface area contributed by atoms with Crippen molar-refractivity contribution in [3.05, 3.63) is 0 Å². The van der Waals surface area contributed by atoms with Crippen molar-refractivity contribution in [1.82, 2.24) is 5.32 Å². The molecule has 0 radical (unpaired) electrons. The Morgan fingerprint density at radius 1 is 1.00 bits per heavy atom. The molecule has 13 heavy (non-hydrogen) atoms. The lowest BCUT2D eigenvalue weighted by molar-refractivity contribution is 0.109. The summed E-state index contributed by atoms with van der Waals surface area (Å²) in [6.45, 7) is 0.977. The lowest BCUT2D eigenvalue weighted by Gasteiger charge is -2.22. The highest BCUT2D eigenvalue weighted by molar-refractivity contribution is 4.89. The van der Waals surface area contributed by atoms with Crippen LogP contribution in [-0.2, 0) is 4.74 Å². The van der Waals surface area contributed by atoms with E-state index in [9.17, 15) is 10.2 Å². The van der Waals surface area contributed by atoms with Gasteiger partial charge < -0.3 is 20.3 Å². The summed E-state index contributed by atoms with van der Waals surface area (Å²) in [6, 6.07) is 0.166. The lowest BCUT2D eigenvalue weighted by Crippen LogP contribution is -2.47. The third-order valence-electron chi connectivity index (χ3n) is 2.96. The highest BCUT2D eigenvalue weighted by atomic mass is 16.5. The van der Waals surface area contributed by atoms with Gasteiger partial charge in [0.1, 0.15) is 0 Å². The van der Waals surface area contributed by atoms with Gasteiger partial charge in [-0.3, -0.25) is 0 Å². The predicted molar refractivity (Wildman–Crippen MR) is 47.4 cm³/mol. The van der Waals surface area contributed by atoms with E-state index in [0.717, 1.165) is 19.3 Å². The zero-order valence-electron chi connectivity index (χ0n) is 7.65. The minimum atomic E-state index is -0.409. The Labute approximate surface area is 77.9 Å². The molecule has 3 N–H and O–H groups in total. The summed E-state index contributed by atoms with van der Waals surface area (Å²) in [5.74, 6) is 0. The maximum atomic E-state index is 9.55. The van der Waals surface area contributed by atoms with Gasteiger partial charge in [0.25, 0.3) is 0 Å². The van der Waals surface area contributed by atoms with Crippen LogP contribution in [0.5, 0.6) is 0 Å². The SMILES string of the molecule is O[C@@H]1CCC[C@H]1N[C@@H]1COC[C@H]1O. The first-order chi connectivity index (χ1) is 6.27. The Morgan fingerprint density at radius 3 is 2.38 bits per heavy atom. The maximum Gasteiger partial charge on any atom is 0.0948 e. The van der Waals surface area contributed by atoms with Crippen molar-refractivity contribution in [2.45, 2.75) is 43.6 Å². The third kappa shape index (κ3) is 2.02. The van der Waals surface area contributed by atoms with E-state index >= 15 is 0 Å². The van der Waals surface area contributed by atoms with Crippen LogP contribution in [0.2, 0.25) is 0 Å². The zero-order chi connectivity index (χ0) is 9.26. The van der Waals surface area contributed by atoms with E-state index in [1.54, 1.807) is 0 Å². The first kappa shape index (κ1) is 9.40. The molecule has 1 heterocycles. The average Bonchev–Trinajstić information content (AvgIpc) is 2.65. The number of nitrogens with one attached hydrogen (secondary N) is 1. The van der Waals surface area contributed by atoms with Gasteiger partial charge in [0, 0.05) is 6.04 Å². The molecule has 2 rings (SSSR count). The summed E-state index contributed by atoms with van der Waals surface area (Å²) < 4.78 is 5.12. The second-order valence-electron chi connectivity index (χ2n) is 3.98. The third-order valence-corrected chi connectivity index (χ3v) is 2.96. The summed E-state index contributed by atoms with van der Waals surface area (Å²) in [6.07, 6.45) is 2.30. The van der Waals surface area contributed by atoms with Gasteiger partial charge in [-0.05, 0) is 19.3 Å². The molecule has 0 amide bonds. The fraction of sp³-hybridized carbons (Fsp3) is 1.00. The van der Waals surface area contributed by atoms with Gasteiger partial charge in [-0.15, -0.1) is 0 Å².